The Balaban J connectivity index is 1.19. The molecule has 0 bridgehead atoms. The summed E-state index contributed by atoms with van der Waals surface area (Å²) in [6.07, 6.45) is -57.4. The van der Waals surface area contributed by atoms with Crippen LogP contribution >= 0.6 is 7.82 Å². The molecule has 18 N–H and O–H groups in total. The molecule has 36 heteroatoms. The molecule has 0 radical (unpaired) electrons. The van der Waals surface area contributed by atoms with Crippen LogP contribution in [-0.2, 0) is 70.7 Å². The number of carbonyl (C=O) groups is 1. The molecule has 30 atom stereocenters. The summed E-state index contributed by atoms with van der Waals surface area (Å²) in [7, 11) is -4.32. The predicted molar refractivity (Wildman–Crippen MR) is 236 cm³/mol. The summed E-state index contributed by atoms with van der Waals surface area (Å²) in [5, 5.41) is 186. The third-order valence-corrected chi connectivity index (χ3v) is 14.4. The highest BCUT2D eigenvalue weighted by Gasteiger charge is 2.56. The maximum Gasteiger partial charge on any atom is 0.219 e. The van der Waals surface area contributed by atoms with E-state index >= 15 is 0 Å². The van der Waals surface area contributed by atoms with E-state index in [-0.39, 0.29) is 25.9 Å². The summed E-state index contributed by atoms with van der Waals surface area (Å²) in [5.74, 6) is -0.400. The van der Waals surface area contributed by atoms with Gasteiger partial charge in [0.25, 0.3) is 0 Å². The largest absolute Gasteiger partial charge is 0.790 e. The van der Waals surface area contributed by atoms with Gasteiger partial charge in [-0.05, 0) is 12.8 Å². The maximum atomic E-state index is 11.9. The number of aliphatic hydroxyl groups is 17. The van der Waals surface area contributed by atoms with Crippen LogP contribution in [0.25, 0.3) is 0 Å². The van der Waals surface area contributed by atoms with Gasteiger partial charge >= 0.3 is 0 Å². The fourth-order valence-electron chi connectivity index (χ4n) is 9.28. The lowest BCUT2D eigenvalue weighted by Crippen LogP contribution is -2.67. The van der Waals surface area contributed by atoms with Crippen LogP contribution in [0.5, 0.6) is 0 Å². The molecule has 456 valence electrons. The zero-order valence-electron chi connectivity index (χ0n) is 41.7. The molecule has 35 nitrogen and oxygen atoms in total. The Labute approximate surface area is 442 Å². The minimum Gasteiger partial charge on any atom is -0.790 e. The van der Waals surface area contributed by atoms with Crippen molar-refractivity contribution in [1.29, 1.82) is 0 Å². The minimum absolute atomic E-state index is 0.0243. The molecule has 6 aliphatic rings. The van der Waals surface area contributed by atoms with Crippen molar-refractivity contribution < 1.29 is 167 Å². The smallest absolute Gasteiger partial charge is 0.219 e. The fraction of sp³-hybridized carbons (Fsp3) is 0.976. The molecule has 0 aromatic carbocycles. The van der Waals surface area contributed by atoms with Crippen molar-refractivity contribution in [3.8, 4) is 0 Å². The van der Waals surface area contributed by atoms with Gasteiger partial charge in [0.15, 0.2) is 37.7 Å². The highest BCUT2D eigenvalue weighted by molar-refractivity contribution is 7.43. The van der Waals surface area contributed by atoms with E-state index in [1.165, 1.54) is 7.05 Å². The average Bonchev–Trinajstić information content (AvgIpc) is 3.41. The summed E-state index contributed by atoms with van der Waals surface area (Å²) < 4.78 is 83.7. The Kier molecular flexibility index (Phi) is 24.2. The van der Waals surface area contributed by atoms with Gasteiger partial charge in [0.05, 0.1) is 53.6 Å². The molecule has 0 aromatic heterocycles. The zero-order valence-corrected chi connectivity index (χ0v) is 42.6. The van der Waals surface area contributed by atoms with Crippen molar-refractivity contribution in [3.05, 3.63) is 0 Å². The highest BCUT2D eigenvalue weighted by atomic mass is 31.2. The van der Waals surface area contributed by atoms with Crippen LogP contribution in [-0.4, -0.2) is 324 Å². The van der Waals surface area contributed by atoms with Gasteiger partial charge in [-0.2, -0.15) is 0 Å². The minimum atomic E-state index is -5.70. The molecule has 6 saturated heterocycles. The first-order valence-corrected chi connectivity index (χ1v) is 26.3. The Bertz CT molecular complexity index is 1880. The predicted octanol–water partition coefficient (Wildman–Crippen LogP) is -13.3. The van der Waals surface area contributed by atoms with E-state index < -0.39 is 231 Å². The number of rotatable bonds is 23. The molecule has 6 fully saturated rings. The van der Waals surface area contributed by atoms with Crippen molar-refractivity contribution in [1.82, 2.24) is 5.32 Å². The molecule has 78 heavy (non-hydrogen) atoms. The van der Waals surface area contributed by atoms with Crippen LogP contribution in [0.4, 0.5) is 0 Å². The van der Waals surface area contributed by atoms with Crippen molar-refractivity contribution in [2.75, 3.05) is 46.7 Å². The van der Waals surface area contributed by atoms with Crippen LogP contribution in [0.3, 0.4) is 0 Å². The lowest BCUT2D eigenvalue weighted by Gasteiger charge is -2.49. The lowest BCUT2D eigenvalue weighted by atomic mass is 9.96. The Morgan fingerprint density at radius 1 is 0.449 bits per heavy atom. The van der Waals surface area contributed by atoms with E-state index in [1.54, 1.807) is 6.92 Å². The molecule has 0 aliphatic carbocycles. The van der Waals surface area contributed by atoms with Gasteiger partial charge in [-0.1, -0.05) is 6.92 Å². The van der Waals surface area contributed by atoms with E-state index in [4.69, 9.17) is 56.8 Å². The summed E-state index contributed by atoms with van der Waals surface area (Å²) in [6, 6.07) is 0. The van der Waals surface area contributed by atoms with E-state index in [1.807, 2.05) is 0 Å². The van der Waals surface area contributed by atoms with Gasteiger partial charge in [-0.25, -0.2) is 0 Å². The number of hydrogen-bond donors (Lipinski definition) is 18. The van der Waals surface area contributed by atoms with Gasteiger partial charge in [0.2, 0.25) is 5.91 Å². The topological polar surface area (TPSA) is 556 Å². The lowest BCUT2D eigenvalue weighted by molar-refractivity contribution is -0.392. The molecule has 6 aliphatic heterocycles. The molecule has 6 heterocycles. The monoisotopic (exact) mass is 1170 g/mol. The molecular weight excluding hydrogens is 1090 g/mol. The molecule has 1 amide bonds. The zero-order chi connectivity index (χ0) is 57.7. The number of nitrogens with one attached hydrogen (secondary N) is 1. The third-order valence-electron chi connectivity index (χ3n) is 13.9. The Morgan fingerprint density at radius 2 is 0.833 bits per heavy atom. The fourth-order valence-corrected chi connectivity index (χ4v) is 9.60. The van der Waals surface area contributed by atoms with Crippen molar-refractivity contribution in [2.45, 2.75) is 210 Å². The number of phosphoric acid groups is 1. The number of ether oxygens (including phenoxy) is 12. The number of hydrogen-bond acceptors (Lipinski definition) is 34. The molecular formula is C42H72NO34P-2. The maximum absolute atomic E-state index is 11.9. The third kappa shape index (κ3) is 15.4. The van der Waals surface area contributed by atoms with E-state index in [0.717, 1.165) is 0 Å². The van der Waals surface area contributed by atoms with Gasteiger partial charge in [-0.3, -0.25) is 4.79 Å². The second kappa shape index (κ2) is 28.8. The van der Waals surface area contributed by atoms with E-state index in [2.05, 4.69) is 9.84 Å². The summed E-state index contributed by atoms with van der Waals surface area (Å²) in [4.78, 5) is 34.3. The average molecular weight is 1170 g/mol. The van der Waals surface area contributed by atoms with Crippen LogP contribution in [0.15, 0.2) is 0 Å². The first kappa shape index (κ1) is 65.6. The molecule has 0 aromatic rings. The summed E-state index contributed by atoms with van der Waals surface area (Å²) in [6.45, 7) is -3.56. The standard InChI is InChI=1S/C42H74NO34P/c1-3-12-19(47)25(53)31(59)39(69-12)76-35-28(56)20(48)13(7-44)70-41(35)67-9-15-22(50)26(54)30(58)37(72-15)66-10-16-24(52)34(33(61)38(73-16)65-6-4-5-18(46)43-2)75-42-36(29(57)21(49)14(8-45)71-42)77-40-32(60)27(55)23(51)17(74-40)11-68-78(62,63)64/h12-17,19-42,44-45,47-61H,3-11H2,1-2H3,(H,43,46)(H2,62,63,64)/p-2/t12?,13?,14?,15?,16?,17?,19-,20-,21-,22-,23-,24-,25-,26-,27-,28-,29-,30?,31?,32?,33?,34-,35?,36?,37+,38+,39-,40-,41+,42-/m0/s1. The molecule has 0 saturated carbocycles. The summed E-state index contributed by atoms with van der Waals surface area (Å²) in [5.41, 5.74) is 0. The van der Waals surface area contributed by atoms with Gasteiger partial charge in [-0.15, -0.1) is 0 Å². The van der Waals surface area contributed by atoms with E-state index in [9.17, 15) is 106 Å². The molecule has 6 rings (SSSR count). The van der Waals surface area contributed by atoms with Crippen LogP contribution < -0.4 is 15.1 Å². The second-order valence-electron chi connectivity index (χ2n) is 19.2. The Morgan fingerprint density at radius 3 is 1.33 bits per heavy atom. The number of aliphatic hydroxyl groups excluding tert-OH is 17. The van der Waals surface area contributed by atoms with Gasteiger partial charge in [0, 0.05) is 13.5 Å². The highest BCUT2D eigenvalue weighted by Crippen LogP contribution is 2.36. The van der Waals surface area contributed by atoms with Gasteiger partial charge < -0.3 is 168 Å². The quantitative estimate of drug-likeness (QED) is 0.0334. The van der Waals surface area contributed by atoms with Crippen LogP contribution in [0.2, 0.25) is 0 Å². The molecule has 12 unspecified atom stereocenters. The van der Waals surface area contributed by atoms with E-state index in [0.29, 0.717) is 0 Å². The van der Waals surface area contributed by atoms with Crippen molar-refractivity contribution >= 4 is 13.7 Å². The van der Waals surface area contributed by atoms with Crippen LogP contribution in [0, 0.1) is 0 Å². The number of amides is 1. The normalized spacial score (nSPS) is 47.7. The van der Waals surface area contributed by atoms with Crippen LogP contribution in [0.1, 0.15) is 26.2 Å². The number of phosphoric ester groups is 1. The number of carbonyl (C=O) groups excluding carboxylic acids is 1. The van der Waals surface area contributed by atoms with Gasteiger partial charge in [0.1, 0.15) is 140 Å². The van der Waals surface area contributed by atoms with Crippen molar-refractivity contribution in [3.63, 3.8) is 0 Å². The first-order chi connectivity index (χ1) is 36.8. The Hall–Kier alpha value is -1.58. The molecule has 0 spiro atoms. The van der Waals surface area contributed by atoms with Crippen molar-refractivity contribution in [2.24, 2.45) is 0 Å². The summed E-state index contributed by atoms with van der Waals surface area (Å²) >= 11 is 0. The SMILES string of the molecule is CCC1O[C@@H](OC2[C@H](OCC3O[C@@H](OCC4O[C@@H](OCCCC(=O)NC)C(O)[C@@H](O[C@@H]5OC(CO)[C@H](O)[C@H](O)C5O[C@@H]5OC(COP(=O)([O-])[O-])[C@H](O)[C@H](O)C5O)[C@H]4O)C(O)[C@@H](O)[C@H]3O)OC(CO)[C@H](O)[C@@H]2O)C(O)[C@@H](O)[C@H]1O. The first-order valence-electron chi connectivity index (χ1n) is 24.8. The second-order valence-corrected chi connectivity index (χ2v) is 20.4.